The standard InChI is InChI=1S/C16H20ClNO4S/c1-11-8-15(12(2)22-11)16(19)6-7-18-23(20,21)10-13-4-3-5-14(17)9-13/h3-5,8-9,16,18-19H,6-7,10H2,1-2H3. The Morgan fingerprint density at radius 2 is 2.04 bits per heavy atom. The Morgan fingerprint density at radius 3 is 2.65 bits per heavy atom. The van der Waals surface area contributed by atoms with E-state index in [2.05, 4.69) is 4.72 Å². The van der Waals surface area contributed by atoms with Gasteiger partial charge in [-0.15, -0.1) is 0 Å². The lowest BCUT2D eigenvalue weighted by Gasteiger charge is -2.11. The van der Waals surface area contributed by atoms with Crippen LogP contribution < -0.4 is 4.72 Å². The van der Waals surface area contributed by atoms with Crippen molar-refractivity contribution in [2.75, 3.05) is 6.54 Å². The minimum atomic E-state index is -3.48. The van der Waals surface area contributed by atoms with Crippen LogP contribution in [0, 0.1) is 13.8 Å². The minimum absolute atomic E-state index is 0.145. The highest BCUT2D eigenvalue weighted by atomic mass is 35.5. The summed E-state index contributed by atoms with van der Waals surface area (Å²) in [6.07, 6.45) is -0.490. The molecule has 0 spiro atoms. The normalized spacial score (nSPS) is 13.2. The summed E-state index contributed by atoms with van der Waals surface area (Å²) in [5, 5.41) is 10.6. The van der Waals surface area contributed by atoms with Crippen LogP contribution in [0.4, 0.5) is 0 Å². The predicted molar refractivity (Wildman–Crippen MR) is 89.8 cm³/mol. The monoisotopic (exact) mass is 357 g/mol. The van der Waals surface area contributed by atoms with E-state index in [4.69, 9.17) is 16.0 Å². The van der Waals surface area contributed by atoms with Gasteiger partial charge in [-0.2, -0.15) is 0 Å². The zero-order valence-electron chi connectivity index (χ0n) is 13.0. The third-order valence-electron chi connectivity index (χ3n) is 3.42. The van der Waals surface area contributed by atoms with E-state index in [0.717, 1.165) is 5.76 Å². The second-order valence-corrected chi connectivity index (χ2v) is 7.70. The number of furan rings is 1. The first-order valence-electron chi connectivity index (χ1n) is 7.23. The highest BCUT2D eigenvalue weighted by Crippen LogP contribution is 2.23. The lowest BCUT2D eigenvalue weighted by Crippen LogP contribution is -2.27. The van der Waals surface area contributed by atoms with E-state index in [0.29, 0.717) is 21.9 Å². The number of aryl methyl sites for hydroxylation is 2. The molecule has 2 rings (SSSR count). The number of benzene rings is 1. The highest BCUT2D eigenvalue weighted by Gasteiger charge is 2.16. The summed E-state index contributed by atoms with van der Waals surface area (Å²) >= 11 is 5.85. The van der Waals surface area contributed by atoms with Crippen LogP contribution in [-0.2, 0) is 15.8 Å². The van der Waals surface area contributed by atoms with Crippen LogP contribution in [0.15, 0.2) is 34.7 Å². The predicted octanol–water partition coefficient (Wildman–Crippen LogP) is 3.09. The van der Waals surface area contributed by atoms with Gasteiger partial charge in [0.15, 0.2) is 0 Å². The average molecular weight is 358 g/mol. The lowest BCUT2D eigenvalue weighted by atomic mass is 10.1. The Kier molecular flexibility index (Phi) is 5.86. The van der Waals surface area contributed by atoms with Gasteiger partial charge in [0, 0.05) is 17.1 Å². The molecule has 126 valence electrons. The molecule has 2 N–H and O–H groups in total. The third-order valence-corrected chi connectivity index (χ3v) is 5.02. The molecule has 0 amide bonds. The average Bonchev–Trinajstić information content (AvgIpc) is 2.77. The second-order valence-electron chi connectivity index (χ2n) is 5.46. The molecule has 0 bridgehead atoms. The maximum Gasteiger partial charge on any atom is 0.215 e. The number of hydrogen-bond acceptors (Lipinski definition) is 4. The number of hydrogen-bond donors (Lipinski definition) is 2. The van der Waals surface area contributed by atoms with E-state index < -0.39 is 16.1 Å². The van der Waals surface area contributed by atoms with E-state index in [1.807, 2.05) is 0 Å². The quantitative estimate of drug-likeness (QED) is 0.798. The van der Waals surface area contributed by atoms with E-state index in [1.54, 1.807) is 44.2 Å². The molecule has 0 fully saturated rings. The van der Waals surface area contributed by atoms with Gasteiger partial charge in [-0.1, -0.05) is 23.7 Å². The molecule has 1 heterocycles. The molecule has 0 saturated carbocycles. The second kappa shape index (κ2) is 7.49. The van der Waals surface area contributed by atoms with E-state index in [1.165, 1.54) is 0 Å². The van der Waals surface area contributed by atoms with Gasteiger partial charge in [0.05, 0.1) is 11.9 Å². The van der Waals surface area contributed by atoms with Crippen molar-refractivity contribution in [3.05, 3.63) is 58.0 Å². The van der Waals surface area contributed by atoms with Gasteiger partial charge in [-0.3, -0.25) is 0 Å². The molecule has 1 unspecified atom stereocenters. The first-order valence-corrected chi connectivity index (χ1v) is 9.26. The zero-order valence-corrected chi connectivity index (χ0v) is 14.6. The highest BCUT2D eigenvalue weighted by molar-refractivity contribution is 7.88. The molecule has 7 heteroatoms. The van der Waals surface area contributed by atoms with Crippen molar-refractivity contribution in [1.29, 1.82) is 0 Å². The molecule has 1 aromatic carbocycles. The fraction of sp³-hybridized carbons (Fsp3) is 0.375. The van der Waals surface area contributed by atoms with E-state index >= 15 is 0 Å². The van der Waals surface area contributed by atoms with E-state index in [-0.39, 0.29) is 18.7 Å². The number of aliphatic hydroxyl groups excluding tert-OH is 1. The number of nitrogens with one attached hydrogen (secondary N) is 1. The van der Waals surface area contributed by atoms with Gasteiger partial charge < -0.3 is 9.52 Å². The summed E-state index contributed by atoms with van der Waals surface area (Å²) in [7, 11) is -3.48. The molecule has 5 nitrogen and oxygen atoms in total. The number of sulfonamides is 1. The molecule has 0 aliphatic rings. The Bertz CT molecular complexity index is 770. The smallest absolute Gasteiger partial charge is 0.215 e. The first kappa shape index (κ1) is 18.0. The molecule has 23 heavy (non-hydrogen) atoms. The van der Waals surface area contributed by atoms with Crippen LogP contribution in [0.2, 0.25) is 5.02 Å². The van der Waals surface area contributed by atoms with Crippen molar-refractivity contribution < 1.29 is 17.9 Å². The summed E-state index contributed by atoms with van der Waals surface area (Å²) in [6.45, 7) is 3.72. The van der Waals surface area contributed by atoms with Gasteiger partial charge in [0.1, 0.15) is 11.5 Å². The third kappa shape index (κ3) is 5.35. The summed E-state index contributed by atoms with van der Waals surface area (Å²) in [4.78, 5) is 0. The molecule has 1 atom stereocenters. The molecule has 1 aromatic heterocycles. The Hall–Kier alpha value is -1.34. The molecular weight excluding hydrogens is 338 g/mol. The van der Waals surface area contributed by atoms with Crippen molar-refractivity contribution >= 4 is 21.6 Å². The lowest BCUT2D eigenvalue weighted by molar-refractivity contribution is 0.167. The van der Waals surface area contributed by atoms with Crippen LogP contribution in [-0.4, -0.2) is 20.1 Å². The van der Waals surface area contributed by atoms with Crippen LogP contribution in [0.5, 0.6) is 0 Å². The van der Waals surface area contributed by atoms with Crippen LogP contribution in [0.3, 0.4) is 0 Å². The van der Waals surface area contributed by atoms with Crippen molar-refractivity contribution in [2.24, 2.45) is 0 Å². The summed E-state index contributed by atoms with van der Waals surface area (Å²) in [5.41, 5.74) is 1.31. The maximum absolute atomic E-state index is 12.0. The van der Waals surface area contributed by atoms with Crippen molar-refractivity contribution in [3.8, 4) is 0 Å². The van der Waals surface area contributed by atoms with Crippen molar-refractivity contribution in [1.82, 2.24) is 4.72 Å². The van der Waals surface area contributed by atoms with Gasteiger partial charge in [0.2, 0.25) is 10.0 Å². The molecule has 0 radical (unpaired) electrons. The fourth-order valence-electron chi connectivity index (χ4n) is 2.39. The SMILES string of the molecule is Cc1cc(C(O)CCNS(=O)(=O)Cc2cccc(Cl)c2)c(C)o1. The van der Waals surface area contributed by atoms with Gasteiger partial charge >= 0.3 is 0 Å². The molecule has 0 aliphatic heterocycles. The topological polar surface area (TPSA) is 79.5 Å². The molecule has 0 saturated heterocycles. The van der Waals surface area contributed by atoms with Gasteiger partial charge in [0.25, 0.3) is 0 Å². The Morgan fingerprint density at radius 1 is 1.30 bits per heavy atom. The number of halogens is 1. The Balaban J connectivity index is 1.88. The summed E-state index contributed by atoms with van der Waals surface area (Å²) in [5.74, 6) is 1.22. The van der Waals surface area contributed by atoms with Crippen molar-refractivity contribution in [3.63, 3.8) is 0 Å². The first-order chi connectivity index (χ1) is 10.8. The summed E-state index contributed by atoms with van der Waals surface area (Å²) < 4.78 is 31.9. The largest absolute Gasteiger partial charge is 0.466 e. The minimum Gasteiger partial charge on any atom is -0.466 e. The molecule has 2 aromatic rings. The summed E-state index contributed by atoms with van der Waals surface area (Å²) in [6, 6.07) is 8.49. The van der Waals surface area contributed by atoms with E-state index in [9.17, 15) is 13.5 Å². The van der Waals surface area contributed by atoms with Crippen LogP contribution in [0.25, 0.3) is 0 Å². The van der Waals surface area contributed by atoms with Crippen LogP contribution in [0.1, 0.15) is 35.2 Å². The Labute approximate surface area is 141 Å². The molecule has 0 aliphatic carbocycles. The zero-order chi connectivity index (χ0) is 17.0. The maximum atomic E-state index is 12.0. The molecular formula is C16H20ClNO4S. The number of rotatable bonds is 7. The number of aliphatic hydroxyl groups is 1. The van der Waals surface area contributed by atoms with Crippen molar-refractivity contribution in [2.45, 2.75) is 32.1 Å². The fourth-order valence-corrected chi connectivity index (χ4v) is 3.75. The van der Waals surface area contributed by atoms with Crippen LogP contribution >= 0.6 is 11.6 Å². The van der Waals surface area contributed by atoms with Gasteiger partial charge in [-0.05, 0) is 44.0 Å². The van der Waals surface area contributed by atoms with Gasteiger partial charge in [-0.25, -0.2) is 13.1 Å².